The molecule has 1 aliphatic heterocycles. The van der Waals surface area contributed by atoms with E-state index in [-0.39, 0.29) is 12.4 Å². The van der Waals surface area contributed by atoms with Crippen molar-refractivity contribution in [1.82, 2.24) is 15.5 Å². The lowest BCUT2D eigenvalue weighted by Crippen LogP contribution is -2.42. The Balaban J connectivity index is 0.00000192. The summed E-state index contributed by atoms with van der Waals surface area (Å²) >= 11 is 0. The number of H-pyrrole nitrogens is 1. The molecule has 2 N–H and O–H groups in total. The molecule has 1 aromatic carbocycles. The quantitative estimate of drug-likeness (QED) is 0.881. The first-order valence-electron chi connectivity index (χ1n) is 7.87. The Bertz CT molecular complexity index is 608. The second kappa shape index (κ2) is 8.22. The number of hydrogen-bond acceptors (Lipinski definition) is 4. The Kier molecular flexibility index (Phi) is 6.30. The fraction of sp³-hybridized carbons (Fsp3) is 0.471. The Morgan fingerprint density at radius 3 is 2.78 bits per heavy atom. The highest BCUT2D eigenvalue weighted by molar-refractivity contribution is 5.85. The van der Waals surface area contributed by atoms with Crippen LogP contribution in [0, 0.1) is 6.92 Å². The van der Waals surface area contributed by atoms with E-state index in [0.717, 1.165) is 43.9 Å². The minimum Gasteiger partial charge on any atom is -0.497 e. The average molecular weight is 337 g/mol. The van der Waals surface area contributed by atoms with Crippen LogP contribution in [0.5, 0.6) is 5.75 Å². The van der Waals surface area contributed by atoms with Crippen molar-refractivity contribution in [3.05, 3.63) is 41.7 Å². The van der Waals surface area contributed by atoms with E-state index in [1.165, 1.54) is 11.3 Å². The van der Waals surface area contributed by atoms with Crippen molar-refractivity contribution >= 4 is 18.1 Å². The number of rotatable bonds is 5. The zero-order chi connectivity index (χ0) is 15.4. The smallest absolute Gasteiger partial charge is 0.120 e. The van der Waals surface area contributed by atoms with Gasteiger partial charge in [0.25, 0.3) is 0 Å². The van der Waals surface area contributed by atoms with Gasteiger partial charge in [-0.15, -0.1) is 12.4 Å². The molecule has 1 fully saturated rings. The third-order valence-corrected chi connectivity index (χ3v) is 4.43. The molecular weight excluding hydrogens is 312 g/mol. The molecule has 126 valence electrons. The summed E-state index contributed by atoms with van der Waals surface area (Å²) < 4.78 is 5.31. The van der Waals surface area contributed by atoms with E-state index in [9.17, 15) is 0 Å². The van der Waals surface area contributed by atoms with Crippen LogP contribution in [0.25, 0.3) is 0 Å². The van der Waals surface area contributed by atoms with E-state index in [0.29, 0.717) is 6.04 Å². The summed E-state index contributed by atoms with van der Waals surface area (Å²) in [5, 5.41) is 10.7. The number of benzene rings is 1. The standard InChI is InChI=1S/C17H24N4O.ClH/c1-13-14(12-19-20-13)11-18-15-6-8-21(9-7-15)16-4-3-5-17(10-16)22-2;/h3-5,10,12,15,18H,6-9,11H2,1-2H3,(H,19,20);1H. The maximum atomic E-state index is 5.31. The Morgan fingerprint density at radius 2 is 2.13 bits per heavy atom. The van der Waals surface area contributed by atoms with Gasteiger partial charge in [0.15, 0.2) is 0 Å². The number of methoxy groups -OCH3 is 1. The van der Waals surface area contributed by atoms with Crippen molar-refractivity contribution in [2.75, 3.05) is 25.1 Å². The largest absolute Gasteiger partial charge is 0.497 e. The predicted molar refractivity (Wildman–Crippen MR) is 95.6 cm³/mol. The average Bonchev–Trinajstić information content (AvgIpc) is 2.98. The number of aromatic nitrogens is 2. The third kappa shape index (κ3) is 4.39. The number of aromatic amines is 1. The third-order valence-electron chi connectivity index (χ3n) is 4.43. The molecular formula is C17H25ClN4O. The predicted octanol–water partition coefficient (Wildman–Crippen LogP) is 2.91. The molecule has 0 radical (unpaired) electrons. The van der Waals surface area contributed by atoms with E-state index in [2.05, 4.69) is 45.5 Å². The fourth-order valence-electron chi connectivity index (χ4n) is 2.96. The highest BCUT2D eigenvalue weighted by Gasteiger charge is 2.19. The van der Waals surface area contributed by atoms with Gasteiger partial charge in [-0.3, -0.25) is 5.10 Å². The maximum Gasteiger partial charge on any atom is 0.120 e. The van der Waals surface area contributed by atoms with Crippen LogP contribution < -0.4 is 15.0 Å². The molecule has 23 heavy (non-hydrogen) atoms. The first-order valence-corrected chi connectivity index (χ1v) is 7.87. The second-order valence-electron chi connectivity index (χ2n) is 5.86. The normalized spacial score (nSPS) is 15.3. The molecule has 0 unspecified atom stereocenters. The van der Waals surface area contributed by atoms with E-state index in [1.807, 2.05) is 12.3 Å². The van der Waals surface area contributed by atoms with Crippen molar-refractivity contribution in [1.29, 1.82) is 0 Å². The van der Waals surface area contributed by atoms with E-state index < -0.39 is 0 Å². The first-order chi connectivity index (χ1) is 10.8. The lowest BCUT2D eigenvalue weighted by atomic mass is 10.0. The highest BCUT2D eigenvalue weighted by Crippen LogP contribution is 2.24. The minimum atomic E-state index is 0. The van der Waals surface area contributed by atoms with E-state index in [4.69, 9.17) is 4.74 Å². The lowest BCUT2D eigenvalue weighted by Gasteiger charge is -2.34. The number of anilines is 1. The van der Waals surface area contributed by atoms with Crippen molar-refractivity contribution < 1.29 is 4.74 Å². The molecule has 5 nitrogen and oxygen atoms in total. The molecule has 1 aliphatic rings. The lowest BCUT2D eigenvalue weighted by molar-refractivity contribution is 0.408. The Labute approximate surface area is 143 Å². The topological polar surface area (TPSA) is 53.2 Å². The Morgan fingerprint density at radius 1 is 1.35 bits per heavy atom. The van der Waals surface area contributed by atoms with E-state index >= 15 is 0 Å². The molecule has 0 spiro atoms. The molecule has 2 heterocycles. The van der Waals surface area contributed by atoms with Gasteiger partial charge in [-0.1, -0.05) is 6.07 Å². The first kappa shape index (κ1) is 17.6. The minimum absolute atomic E-state index is 0. The zero-order valence-electron chi connectivity index (χ0n) is 13.7. The van der Waals surface area contributed by atoms with Crippen LogP contribution in [0.4, 0.5) is 5.69 Å². The van der Waals surface area contributed by atoms with Gasteiger partial charge in [0.1, 0.15) is 5.75 Å². The van der Waals surface area contributed by atoms with Crippen molar-refractivity contribution in [3.63, 3.8) is 0 Å². The second-order valence-corrected chi connectivity index (χ2v) is 5.86. The van der Waals surface area contributed by atoms with Crippen LogP contribution >= 0.6 is 12.4 Å². The van der Waals surface area contributed by atoms with Gasteiger partial charge in [-0.25, -0.2) is 0 Å². The SMILES string of the molecule is COc1cccc(N2CCC(NCc3cn[nH]c3C)CC2)c1.Cl. The summed E-state index contributed by atoms with van der Waals surface area (Å²) in [4.78, 5) is 2.43. The van der Waals surface area contributed by atoms with Crippen LogP contribution in [0.3, 0.4) is 0 Å². The van der Waals surface area contributed by atoms with Gasteiger partial charge in [-0.2, -0.15) is 5.10 Å². The summed E-state index contributed by atoms with van der Waals surface area (Å²) in [6, 6.07) is 8.90. The summed E-state index contributed by atoms with van der Waals surface area (Å²) in [6.07, 6.45) is 4.23. The van der Waals surface area contributed by atoms with Crippen LogP contribution in [-0.2, 0) is 6.54 Å². The van der Waals surface area contributed by atoms with Crippen LogP contribution in [0.1, 0.15) is 24.1 Å². The van der Waals surface area contributed by atoms with Gasteiger partial charge in [-0.05, 0) is 31.9 Å². The van der Waals surface area contributed by atoms with Crippen molar-refractivity contribution in [2.45, 2.75) is 32.4 Å². The molecule has 0 bridgehead atoms. The number of nitrogens with one attached hydrogen (secondary N) is 2. The summed E-state index contributed by atoms with van der Waals surface area (Å²) in [5.74, 6) is 0.924. The Hall–Kier alpha value is -1.72. The van der Waals surface area contributed by atoms with Crippen LogP contribution in [0.2, 0.25) is 0 Å². The zero-order valence-corrected chi connectivity index (χ0v) is 14.5. The molecule has 0 saturated carbocycles. The van der Waals surface area contributed by atoms with Gasteiger partial charge in [0.2, 0.25) is 0 Å². The summed E-state index contributed by atoms with van der Waals surface area (Å²) in [5.41, 5.74) is 3.67. The van der Waals surface area contributed by atoms with Crippen molar-refractivity contribution in [3.8, 4) is 5.75 Å². The van der Waals surface area contributed by atoms with Gasteiger partial charge < -0.3 is 15.0 Å². The van der Waals surface area contributed by atoms with Crippen molar-refractivity contribution in [2.24, 2.45) is 0 Å². The molecule has 0 atom stereocenters. The highest BCUT2D eigenvalue weighted by atomic mass is 35.5. The van der Waals surface area contributed by atoms with Crippen LogP contribution in [-0.4, -0.2) is 36.4 Å². The van der Waals surface area contributed by atoms with Gasteiger partial charge in [0, 0.05) is 48.7 Å². The van der Waals surface area contributed by atoms with Crippen LogP contribution in [0.15, 0.2) is 30.5 Å². The molecule has 1 saturated heterocycles. The number of nitrogens with zero attached hydrogens (tertiary/aromatic N) is 2. The molecule has 1 aromatic heterocycles. The van der Waals surface area contributed by atoms with Gasteiger partial charge >= 0.3 is 0 Å². The number of hydrogen-bond donors (Lipinski definition) is 2. The summed E-state index contributed by atoms with van der Waals surface area (Å²) in [7, 11) is 1.72. The molecule has 2 aromatic rings. The molecule has 0 aliphatic carbocycles. The monoisotopic (exact) mass is 336 g/mol. The van der Waals surface area contributed by atoms with Gasteiger partial charge in [0.05, 0.1) is 13.3 Å². The molecule has 3 rings (SSSR count). The number of ether oxygens (including phenoxy) is 1. The molecule has 6 heteroatoms. The summed E-state index contributed by atoms with van der Waals surface area (Å²) in [6.45, 7) is 5.12. The molecule has 0 amide bonds. The maximum absolute atomic E-state index is 5.31. The fourth-order valence-corrected chi connectivity index (χ4v) is 2.96. The number of aryl methyl sites for hydroxylation is 1. The number of halogens is 1. The number of piperidine rings is 1. The van der Waals surface area contributed by atoms with E-state index in [1.54, 1.807) is 7.11 Å².